The number of carbonyl (C=O) groups is 1. The topological polar surface area (TPSA) is 64.3 Å². The number of rotatable bonds is 6. The van der Waals surface area contributed by atoms with E-state index in [2.05, 4.69) is 19.2 Å². The fourth-order valence-electron chi connectivity index (χ4n) is 0.869. The van der Waals surface area contributed by atoms with Gasteiger partial charge in [0.2, 0.25) is 5.91 Å². The van der Waals surface area contributed by atoms with Gasteiger partial charge in [0, 0.05) is 11.6 Å². The predicted octanol–water partition coefficient (Wildman–Crippen LogP) is 0.901. The monoisotopic (exact) mass is 216 g/mol. The maximum Gasteiger partial charge on any atom is 0.246 e. The molecule has 0 aromatic heterocycles. The third kappa shape index (κ3) is 8.39. The first-order valence-corrected chi connectivity index (χ1v) is 5.38. The van der Waals surface area contributed by atoms with E-state index >= 15 is 0 Å². The summed E-state index contributed by atoms with van der Waals surface area (Å²) in [5.74, 6) is 0.348. The summed E-state index contributed by atoms with van der Waals surface area (Å²) in [7, 11) is 0. The van der Waals surface area contributed by atoms with Crippen LogP contribution in [0.5, 0.6) is 0 Å². The van der Waals surface area contributed by atoms with Gasteiger partial charge in [-0.2, -0.15) is 0 Å². The number of hydrogen-bond acceptors (Lipinski definition) is 3. The van der Waals surface area contributed by atoms with Gasteiger partial charge in [0.15, 0.2) is 0 Å². The van der Waals surface area contributed by atoms with Crippen molar-refractivity contribution in [3.63, 3.8) is 0 Å². The van der Waals surface area contributed by atoms with E-state index in [1.165, 1.54) is 0 Å². The summed E-state index contributed by atoms with van der Waals surface area (Å²) in [4.78, 5) is 11.4. The lowest BCUT2D eigenvalue weighted by atomic mass is 10.1. The molecule has 0 fully saturated rings. The number of nitrogens with two attached hydrogens (primary N) is 1. The number of nitrogens with one attached hydrogen (secondary N) is 1. The van der Waals surface area contributed by atoms with Crippen molar-refractivity contribution in [1.82, 2.24) is 5.32 Å². The highest BCUT2D eigenvalue weighted by atomic mass is 16.5. The van der Waals surface area contributed by atoms with Gasteiger partial charge >= 0.3 is 0 Å². The van der Waals surface area contributed by atoms with Gasteiger partial charge in [-0.1, -0.05) is 13.8 Å². The van der Waals surface area contributed by atoms with E-state index in [-0.39, 0.29) is 24.1 Å². The summed E-state index contributed by atoms with van der Waals surface area (Å²) in [6.07, 6.45) is 0. The second-order valence-corrected chi connectivity index (χ2v) is 5.08. The standard InChI is InChI=1S/C11H24N2O2/c1-8(2)9(3)13-10(14)6-15-7-11(4,5)12/h8-9H,6-7,12H2,1-5H3,(H,13,14). The molecule has 4 nitrogen and oxygen atoms in total. The van der Waals surface area contributed by atoms with Gasteiger partial charge in [-0.05, 0) is 26.7 Å². The fourth-order valence-corrected chi connectivity index (χ4v) is 0.869. The molecule has 0 aliphatic rings. The van der Waals surface area contributed by atoms with Crippen molar-refractivity contribution in [2.45, 2.75) is 46.2 Å². The summed E-state index contributed by atoms with van der Waals surface area (Å²) in [5, 5.41) is 2.86. The molecule has 4 heteroatoms. The normalized spacial score (nSPS) is 14.1. The Labute approximate surface area is 92.6 Å². The van der Waals surface area contributed by atoms with Gasteiger partial charge in [-0.15, -0.1) is 0 Å². The summed E-state index contributed by atoms with van der Waals surface area (Å²) >= 11 is 0. The van der Waals surface area contributed by atoms with Crippen LogP contribution in [0.2, 0.25) is 0 Å². The van der Waals surface area contributed by atoms with Crippen LogP contribution in [0, 0.1) is 5.92 Å². The minimum absolute atomic E-state index is 0.0810. The van der Waals surface area contributed by atoms with Crippen molar-refractivity contribution < 1.29 is 9.53 Å². The van der Waals surface area contributed by atoms with Crippen LogP contribution in [-0.2, 0) is 9.53 Å². The number of hydrogen-bond donors (Lipinski definition) is 2. The minimum atomic E-state index is -0.385. The lowest BCUT2D eigenvalue weighted by Crippen LogP contribution is -2.41. The van der Waals surface area contributed by atoms with Crippen LogP contribution in [0.4, 0.5) is 0 Å². The summed E-state index contributed by atoms with van der Waals surface area (Å²) < 4.78 is 5.20. The second kappa shape index (κ2) is 6.08. The Balaban J connectivity index is 3.67. The molecule has 15 heavy (non-hydrogen) atoms. The van der Waals surface area contributed by atoms with Crippen LogP contribution >= 0.6 is 0 Å². The molecule has 0 rings (SSSR count). The highest BCUT2D eigenvalue weighted by Crippen LogP contribution is 2.00. The van der Waals surface area contributed by atoms with Crippen molar-refractivity contribution >= 4 is 5.91 Å². The van der Waals surface area contributed by atoms with Crippen molar-refractivity contribution in [3.05, 3.63) is 0 Å². The third-order valence-corrected chi connectivity index (χ3v) is 2.10. The number of carbonyl (C=O) groups excluding carboxylic acids is 1. The van der Waals surface area contributed by atoms with E-state index in [0.717, 1.165) is 0 Å². The first kappa shape index (κ1) is 14.4. The zero-order valence-electron chi connectivity index (χ0n) is 10.5. The molecule has 0 aliphatic heterocycles. The highest BCUT2D eigenvalue weighted by Gasteiger charge is 2.13. The zero-order valence-corrected chi connectivity index (χ0v) is 10.5. The number of amides is 1. The van der Waals surface area contributed by atoms with Gasteiger partial charge in [-0.25, -0.2) is 0 Å². The molecule has 90 valence electrons. The smallest absolute Gasteiger partial charge is 0.246 e. The molecule has 1 atom stereocenters. The maximum absolute atomic E-state index is 11.4. The largest absolute Gasteiger partial charge is 0.370 e. The maximum atomic E-state index is 11.4. The third-order valence-electron chi connectivity index (χ3n) is 2.10. The molecule has 0 saturated carbocycles. The lowest BCUT2D eigenvalue weighted by molar-refractivity contribution is -0.127. The quantitative estimate of drug-likeness (QED) is 0.693. The van der Waals surface area contributed by atoms with Crippen LogP contribution in [0.1, 0.15) is 34.6 Å². The van der Waals surface area contributed by atoms with Gasteiger partial charge < -0.3 is 15.8 Å². The fraction of sp³-hybridized carbons (Fsp3) is 0.909. The van der Waals surface area contributed by atoms with E-state index < -0.39 is 0 Å². The zero-order chi connectivity index (χ0) is 12.1. The molecule has 1 amide bonds. The summed E-state index contributed by atoms with van der Waals surface area (Å²) in [6.45, 7) is 10.3. The van der Waals surface area contributed by atoms with Crippen molar-refractivity contribution in [1.29, 1.82) is 0 Å². The second-order valence-electron chi connectivity index (χ2n) is 5.08. The average Bonchev–Trinajstić information content (AvgIpc) is 2.01. The van der Waals surface area contributed by atoms with Crippen LogP contribution in [0.25, 0.3) is 0 Å². The molecule has 0 radical (unpaired) electrons. The number of ether oxygens (including phenoxy) is 1. The van der Waals surface area contributed by atoms with Crippen LogP contribution < -0.4 is 11.1 Å². The molecule has 1 unspecified atom stereocenters. The minimum Gasteiger partial charge on any atom is -0.370 e. The van der Waals surface area contributed by atoms with E-state index in [9.17, 15) is 4.79 Å². The molecular weight excluding hydrogens is 192 g/mol. The highest BCUT2D eigenvalue weighted by molar-refractivity contribution is 5.77. The van der Waals surface area contributed by atoms with Gasteiger partial charge in [0.1, 0.15) is 6.61 Å². The van der Waals surface area contributed by atoms with E-state index in [1.54, 1.807) is 0 Å². The molecule has 0 aliphatic carbocycles. The molecule has 0 aromatic carbocycles. The van der Waals surface area contributed by atoms with Gasteiger partial charge in [0.05, 0.1) is 6.61 Å². The molecule has 0 spiro atoms. The first-order chi connectivity index (χ1) is 6.72. The van der Waals surface area contributed by atoms with Crippen molar-refractivity contribution in [2.75, 3.05) is 13.2 Å². The van der Waals surface area contributed by atoms with Gasteiger partial charge in [-0.3, -0.25) is 4.79 Å². The predicted molar refractivity (Wildman–Crippen MR) is 61.5 cm³/mol. The molecule has 0 aromatic rings. The first-order valence-electron chi connectivity index (χ1n) is 5.38. The molecular formula is C11H24N2O2. The molecule has 0 saturated heterocycles. The van der Waals surface area contributed by atoms with Gasteiger partial charge in [0.25, 0.3) is 0 Å². The SMILES string of the molecule is CC(C)C(C)NC(=O)COCC(C)(C)N. The molecule has 3 N–H and O–H groups in total. The summed E-state index contributed by atoms with van der Waals surface area (Å²) in [6, 6.07) is 0.173. The van der Waals surface area contributed by atoms with E-state index in [1.807, 2.05) is 20.8 Å². The molecule has 0 bridgehead atoms. The average molecular weight is 216 g/mol. The van der Waals surface area contributed by atoms with E-state index in [4.69, 9.17) is 10.5 Å². The summed E-state index contributed by atoms with van der Waals surface area (Å²) in [5.41, 5.74) is 5.33. The van der Waals surface area contributed by atoms with Crippen molar-refractivity contribution in [3.8, 4) is 0 Å². The Hall–Kier alpha value is -0.610. The Bertz CT molecular complexity index is 197. The van der Waals surface area contributed by atoms with Crippen LogP contribution in [0.3, 0.4) is 0 Å². The van der Waals surface area contributed by atoms with Crippen LogP contribution in [0.15, 0.2) is 0 Å². The van der Waals surface area contributed by atoms with Crippen molar-refractivity contribution in [2.24, 2.45) is 11.7 Å². The Morgan fingerprint density at radius 3 is 2.33 bits per heavy atom. The van der Waals surface area contributed by atoms with E-state index in [0.29, 0.717) is 12.5 Å². The Morgan fingerprint density at radius 2 is 1.93 bits per heavy atom. The van der Waals surface area contributed by atoms with Crippen LogP contribution in [-0.4, -0.2) is 30.7 Å². The Kier molecular flexibility index (Phi) is 5.83. The molecule has 0 heterocycles. The Morgan fingerprint density at radius 1 is 1.40 bits per heavy atom. The lowest BCUT2D eigenvalue weighted by Gasteiger charge is -2.20.